The fourth-order valence-corrected chi connectivity index (χ4v) is 1.81. The molecule has 80 valence electrons. The molecule has 0 N–H and O–H groups in total. The molecule has 3 nitrogen and oxygen atoms in total. The van der Waals surface area contributed by atoms with Gasteiger partial charge in [-0.3, -0.25) is 14.2 Å². The van der Waals surface area contributed by atoms with Gasteiger partial charge in [0.05, 0.1) is 5.56 Å². The van der Waals surface area contributed by atoms with E-state index in [1.165, 1.54) is 4.57 Å². The van der Waals surface area contributed by atoms with Crippen LogP contribution in [0.3, 0.4) is 0 Å². The average molecular weight is 278 g/mol. The quantitative estimate of drug-likeness (QED) is 0.791. The molecular weight excluding hydrogens is 270 g/mol. The maximum absolute atomic E-state index is 11.9. The predicted molar refractivity (Wildman–Crippen MR) is 65.1 cm³/mol. The van der Waals surface area contributed by atoms with Gasteiger partial charge in [0.1, 0.15) is 0 Å². The Labute approximate surface area is 100 Å². The van der Waals surface area contributed by atoms with Crippen LogP contribution >= 0.6 is 15.9 Å². The van der Waals surface area contributed by atoms with E-state index in [9.17, 15) is 9.59 Å². The molecule has 1 aromatic heterocycles. The Hall–Kier alpha value is -1.68. The number of carbonyl (C=O) groups is 1. The zero-order valence-electron chi connectivity index (χ0n) is 8.26. The standard InChI is InChI=1S/C12H8BrNO2/c13-11-6-7-14(12(16)10(11)8-15)9-4-2-1-3-5-9/h1-8H. The lowest BCUT2D eigenvalue weighted by Gasteiger charge is -2.06. The summed E-state index contributed by atoms with van der Waals surface area (Å²) in [5.41, 5.74) is 0.546. The van der Waals surface area contributed by atoms with Crippen LogP contribution in [0.2, 0.25) is 0 Å². The molecule has 0 amide bonds. The lowest BCUT2D eigenvalue weighted by atomic mass is 10.2. The number of pyridine rings is 1. The van der Waals surface area contributed by atoms with Crippen molar-refractivity contribution in [3.8, 4) is 5.69 Å². The molecule has 0 aliphatic carbocycles. The summed E-state index contributed by atoms with van der Waals surface area (Å²) in [7, 11) is 0. The fourth-order valence-electron chi connectivity index (χ4n) is 1.43. The summed E-state index contributed by atoms with van der Waals surface area (Å²) in [6.45, 7) is 0. The minimum atomic E-state index is -0.324. The van der Waals surface area contributed by atoms with E-state index < -0.39 is 0 Å². The normalized spacial score (nSPS) is 10.1. The third-order valence-electron chi connectivity index (χ3n) is 2.23. The van der Waals surface area contributed by atoms with E-state index in [1.807, 2.05) is 30.3 Å². The zero-order chi connectivity index (χ0) is 11.5. The molecule has 1 aromatic carbocycles. The van der Waals surface area contributed by atoms with Crippen molar-refractivity contribution >= 4 is 22.2 Å². The third-order valence-corrected chi connectivity index (χ3v) is 2.92. The molecule has 2 rings (SSSR count). The number of nitrogens with zero attached hydrogens (tertiary/aromatic N) is 1. The van der Waals surface area contributed by atoms with Crippen LogP contribution in [0.5, 0.6) is 0 Å². The fraction of sp³-hybridized carbons (Fsp3) is 0. The van der Waals surface area contributed by atoms with Crippen molar-refractivity contribution in [1.29, 1.82) is 0 Å². The minimum absolute atomic E-state index is 0.131. The van der Waals surface area contributed by atoms with Gasteiger partial charge in [-0.25, -0.2) is 0 Å². The van der Waals surface area contributed by atoms with Gasteiger partial charge in [-0.05, 0) is 34.1 Å². The van der Waals surface area contributed by atoms with Crippen molar-refractivity contribution < 1.29 is 4.79 Å². The van der Waals surface area contributed by atoms with Crippen LogP contribution in [-0.4, -0.2) is 10.9 Å². The number of aldehydes is 1. The highest BCUT2D eigenvalue weighted by atomic mass is 79.9. The molecule has 0 atom stereocenters. The number of benzene rings is 1. The van der Waals surface area contributed by atoms with Crippen molar-refractivity contribution in [2.45, 2.75) is 0 Å². The molecule has 1 heterocycles. The van der Waals surface area contributed by atoms with E-state index in [0.29, 0.717) is 10.8 Å². The van der Waals surface area contributed by atoms with Crippen LogP contribution in [0.15, 0.2) is 51.9 Å². The number of carbonyl (C=O) groups excluding carboxylic acids is 1. The molecule has 0 radical (unpaired) electrons. The molecule has 0 bridgehead atoms. The Bertz CT molecular complexity index is 575. The van der Waals surface area contributed by atoms with Gasteiger partial charge in [-0.1, -0.05) is 18.2 Å². The third kappa shape index (κ3) is 1.84. The molecular formula is C12H8BrNO2. The van der Waals surface area contributed by atoms with Crippen LogP contribution < -0.4 is 5.56 Å². The minimum Gasteiger partial charge on any atom is -0.298 e. The summed E-state index contributed by atoms with van der Waals surface area (Å²) in [6, 6.07) is 10.8. The second-order valence-corrected chi connectivity index (χ2v) is 4.06. The summed E-state index contributed by atoms with van der Waals surface area (Å²) < 4.78 is 1.95. The molecule has 0 saturated heterocycles. The highest BCUT2D eigenvalue weighted by Gasteiger charge is 2.07. The Kier molecular flexibility index (Phi) is 3.01. The van der Waals surface area contributed by atoms with E-state index in [0.717, 1.165) is 5.69 Å². The van der Waals surface area contributed by atoms with E-state index in [1.54, 1.807) is 12.3 Å². The summed E-state index contributed by atoms with van der Waals surface area (Å²) in [4.78, 5) is 22.7. The van der Waals surface area contributed by atoms with Crippen LogP contribution in [0.1, 0.15) is 10.4 Å². The second-order valence-electron chi connectivity index (χ2n) is 3.21. The van der Waals surface area contributed by atoms with Gasteiger partial charge in [0.15, 0.2) is 6.29 Å². The first-order valence-electron chi connectivity index (χ1n) is 4.66. The number of aromatic nitrogens is 1. The molecule has 4 heteroatoms. The average Bonchev–Trinajstić information content (AvgIpc) is 2.31. The maximum Gasteiger partial charge on any atom is 0.266 e. The van der Waals surface area contributed by atoms with Gasteiger partial charge in [-0.15, -0.1) is 0 Å². The van der Waals surface area contributed by atoms with Crippen LogP contribution in [-0.2, 0) is 0 Å². The monoisotopic (exact) mass is 277 g/mol. The van der Waals surface area contributed by atoms with E-state index >= 15 is 0 Å². The van der Waals surface area contributed by atoms with Gasteiger partial charge in [0, 0.05) is 16.4 Å². The highest BCUT2D eigenvalue weighted by molar-refractivity contribution is 9.10. The molecule has 0 saturated carbocycles. The van der Waals surface area contributed by atoms with E-state index in [4.69, 9.17) is 0 Å². The first kappa shape index (κ1) is 10.8. The molecule has 0 spiro atoms. The Balaban J connectivity index is 2.69. The summed E-state index contributed by atoms with van der Waals surface area (Å²) >= 11 is 3.17. The van der Waals surface area contributed by atoms with Gasteiger partial charge < -0.3 is 0 Å². The number of hydrogen-bond acceptors (Lipinski definition) is 2. The Morgan fingerprint density at radius 1 is 1.12 bits per heavy atom. The number of para-hydroxylation sites is 1. The largest absolute Gasteiger partial charge is 0.298 e. The van der Waals surface area contributed by atoms with E-state index in [2.05, 4.69) is 15.9 Å². The summed E-state index contributed by atoms with van der Waals surface area (Å²) in [6.07, 6.45) is 2.20. The SMILES string of the molecule is O=Cc1c(Br)ccn(-c2ccccc2)c1=O. The molecule has 0 fully saturated rings. The van der Waals surface area contributed by atoms with Crippen molar-refractivity contribution in [2.24, 2.45) is 0 Å². The van der Waals surface area contributed by atoms with Crippen LogP contribution in [0, 0.1) is 0 Å². The second kappa shape index (κ2) is 4.45. The number of rotatable bonds is 2. The summed E-state index contributed by atoms with van der Waals surface area (Å²) in [5.74, 6) is 0. The number of halogens is 1. The first-order chi connectivity index (χ1) is 7.74. The van der Waals surface area contributed by atoms with E-state index in [-0.39, 0.29) is 11.1 Å². The van der Waals surface area contributed by atoms with Crippen LogP contribution in [0.25, 0.3) is 5.69 Å². The zero-order valence-corrected chi connectivity index (χ0v) is 9.85. The first-order valence-corrected chi connectivity index (χ1v) is 5.45. The Morgan fingerprint density at radius 2 is 1.81 bits per heavy atom. The summed E-state index contributed by atoms with van der Waals surface area (Å²) in [5, 5.41) is 0. The van der Waals surface area contributed by atoms with Gasteiger partial charge in [-0.2, -0.15) is 0 Å². The predicted octanol–water partition coefficient (Wildman–Crippen LogP) is 2.41. The molecule has 2 aromatic rings. The van der Waals surface area contributed by atoms with Crippen molar-refractivity contribution in [2.75, 3.05) is 0 Å². The molecule has 0 unspecified atom stereocenters. The Morgan fingerprint density at radius 3 is 2.44 bits per heavy atom. The number of hydrogen-bond donors (Lipinski definition) is 0. The maximum atomic E-state index is 11.9. The smallest absolute Gasteiger partial charge is 0.266 e. The van der Waals surface area contributed by atoms with Gasteiger partial charge in [0.2, 0.25) is 0 Å². The highest BCUT2D eigenvalue weighted by Crippen LogP contribution is 2.12. The van der Waals surface area contributed by atoms with Gasteiger partial charge in [0.25, 0.3) is 5.56 Å². The molecule has 0 aliphatic rings. The molecule has 16 heavy (non-hydrogen) atoms. The molecule has 0 aliphatic heterocycles. The van der Waals surface area contributed by atoms with Crippen molar-refractivity contribution in [3.05, 3.63) is 63.0 Å². The van der Waals surface area contributed by atoms with Crippen molar-refractivity contribution in [1.82, 2.24) is 4.57 Å². The lowest BCUT2D eigenvalue weighted by molar-refractivity contribution is 0.112. The lowest BCUT2D eigenvalue weighted by Crippen LogP contribution is -2.21. The van der Waals surface area contributed by atoms with Crippen molar-refractivity contribution in [3.63, 3.8) is 0 Å². The van der Waals surface area contributed by atoms with Crippen LogP contribution in [0.4, 0.5) is 0 Å². The van der Waals surface area contributed by atoms with Gasteiger partial charge >= 0.3 is 0 Å². The topological polar surface area (TPSA) is 39.1 Å².